The highest BCUT2D eigenvalue weighted by atomic mass is 16.1. The summed E-state index contributed by atoms with van der Waals surface area (Å²) in [5.74, 6) is -0.0781. The van der Waals surface area contributed by atoms with Gasteiger partial charge in [0.25, 0.3) is 5.91 Å². The second-order valence-electron chi connectivity index (χ2n) is 3.96. The predicted molar refractivity (Wildman–Crippen MR) is 67.6 cm³/mol. The Bertz CT molecular complexity index is 375. The van der Waals surface area contributed by atoms with Crippen LogP contribution in [0.25, 0.3) is 0 Å². The molecular weight excluding hydrogens is 202 g/mol. The second kappa shape index (κ2) is 5.39. The summed E-state index contributed by atoms with van der Waals surface area (Å²) in [5.41, 5.74) is 7.76. The number of carbonyl (C=O) groups is 1. The number of rotatable bonds is 4. The fourth-order valence-electron chi connectivity index (χ4n) is 1.45. The van der Waals surface area contributed by atoms with E-state index in [1.807, 2.05) is 20.8 Å². The number of hydrogen-bond donors (Lipinski definition) is 3. The molecule has 4 nitrogen and oxygen atoms in total. The summed E-state index contributed by atoms with van der Waals surface area (Å²) in [4.78, 5) is 11.8. The van der Waals surface area contributed by atoms with Gasteiger partial charge in [0.1, 0.15) is 0 Å². The van der Waals surface area contributed by atoms with Crippen LogP contribution in [0, 0.1) is 0 Å². The van der Waals surface area contributed by atoms with Crippen molar-refractivity contribution in [3.05, 3.63) is 23.8 Å². The van der Waals surface area contributed by atoms with Crippen molar-refractivity contribution in [3.8, 4) is 0 Å². The van der Waals surface area contributed by atoms with Gasteiger partial charge in [-0.05, 0) is 39.0 Å². The van der Waals surface area contributed by atoms with Gasteiger partial charge in [0, 0.05) is 24.0 Å². The minimum Gasteiger partial charge on any atom is -0.399 e. The van der Waals surface area contributed by atoms with Crippen molar-refractivity contribution >= 4 is 17.3 Å². The van der Waals surface area contributed by atoms with E-state index in [1.165, 1.54) is 0 Å². The first-order valence-electron chi connectivity index (χ1n) is 5.48. The molecule has 0 aromatic heterocycles. The van der Waals surface area contributed by atoms with Crippen molar-refractivity contribution in [3.63, 3.8) is 0 Å². The lowest BCUT2D eigenvalue weighted by Crippen LogP contribution is -2.24. The normalized spacial score (nSPS) is 10.2. The fraction of sp³-hybridized carbons (Fsp3) is 0.417. The Labute approximate surface area is 96.2 Å². The average Bonchev–Trinajstić information content (AvgIpc) is 2.16. The molecule has 0 unspecified atom stereocenters. The highest BCUT2D eigenvalue weighted by molar-refractivity contribution is 6.00. The van der Waals surface area contributed by atoms with Crippen molar-refractivity contribution in [2.24, 2.45) is 0 Å². The Balaban J connectivity index is 3.02. The molecule has 0 aliphatic heterocycles. The third-order valence-electron chi connectivity index (χ3n) is 2.07. The third-order valence-corrected chi connectivity index (χ3v) is 2.07. The Morgan fingerprint density at radius 3 is 2.69 bits per heavy atom. The quantitative estimate of drug-likeness (QED) is 0.680. The third kappa shape index (κ3) is 3.15. The number of carbonyl (C=O) groups excluding carboxylic acids is 1. The molecule has 1 aromatic rings. The summed E-state index contributed by atoms with van der Waals surface area (Å²) in [5, 5.41) is 5.99. The molecule has 88 valence electrons. The van der Waals surface area contributed by atoms with E-state index < -0.39 is 0 Å². The van der Waals surface area contributed by atoms with Crippen LogP contribution in [0.15, 0.2) is 18.2 Å². The molecule has 1 rings (SSSR count). The van der Waals surface area contributed by atoms with Gasteiger partial charge < -0.3 is 16.4 Å². The van der Waals surface area contributed by atoms with Crippen LogP contribution >= 0.6 is 0 Å². The average molecular weight is 221 g/mol. The van der Waals surface area contributed by atoms with E-state index in [0.29, 0.717) is 17.8 Å². The zero-order valence-corrected chi connectivity index (χ0v) is 10.0. The molecule has 1 aromatic carbocycles. The molecule has 0 saturated heterocycles. The first kappa shape index (κ1) is 12.4. The smallest absolute Gasteiger partial charge is 0.253 e. The van der Waals surface area contributed by atoms with Crippen LogP contribution in [0.2, 0.25) is 0 Å². The lowest BCUT2D eigenvalue weighted by atomic mass is 10.1. The molecule has 0 aliphatic rings. The van der Waals surface area contributed by atoms with Gasteiger partial charge in [-0.1, -0.05) is 0 Å². The number of hydrogen-bond acceptors (Lipinski definition) is 3. The first-order valence-corrected chi connectivity index (χ1v) is 5.48. The summed E-state index contributed by atoms with van der Waals surface area (Å²) in [6.45, 7) is 6.55. The van der Waals surface area contributed by atoms with Gasteiger partial charge in [-0.25, -0.2) is 0 Å². The van der Waals surface area contributed by atoms with Gasteiger partial charge in [0.15, 0.2) is 0 Å². The van der Waals surface area contributed by atoms with Crippen LogP contribution in [0.1, 0.15) is 31.1 Å². The number of nitrogens with two attached hydrogens (primary N) is 1. The maximum Gasteiger partial charge on any atom is 0.253 e. The number of amides is 1. The van der Waals surface area contributed by atoms with Gasteiger partial charge in [-0.15, -0.1) is 0 Å². The molecule has 0 aliphatic carbocycles. The maximum atomic E-state index is 11.8. The summed E-state index contributed by atoms with van der Waals surface area (Å²) in [7, 11) is 0. The SMILES string of the molecule is CCNC(=O)c1ccc(N)cc1NC(C)C. The number of nitrogens with one attached hydrogen (secondary N) is 2. The summed E-state index contributed by atoms with van der Waals surface area (Å²) >= 11 is 0. The van der Waals surface area contributed by atoms with Crippen molar-refractivity contribution in [1.29, 1.82) is 0 Å². The Hall–Kier alpha value is -1.71. The van der Waals surface area contributed by atoms with Crippen LogP contribution in [-0.4, -0.2) is 18.5 Å². The van der Waals surface area contributed by atoms with Crippen LogP contribution < -0.4 is 16.4 Å². The van der Waals surface area contributed by atoms with E-state index in [4.69, 9.17) is 5.73 Å². The van der Waals surface area contributed by atoms with Gasteiger partial charge in [-0.3, -0.25) is 4.79 Å². The zero-order valence-electron chi connectivity index (χ0n) is 10.0. The molecule has 0 heterocycles. The standard InChI is InChI=1S/C12H19N3O/c1-4-14-12(16)10-6-5-9(13)7-11(10)15-8(2)3/h5-8,15H,4,13H2,1-3H3,(H,14,16). The highest BCUT2D eigenvalue weighted by Gasteiger charge is 2.11. The number of anilines is 2. The summed E-state index contributed by atoms with van der Waals surface area (Å²) < 4.78 is 0. The van der Waals surface area contributed by atoms with Crippen molar-refractivity contribution in [2.45, 2.75) is 26.8 Å². The minimum absolute atomic E-state index is 0.0781. The summed E-state index contributed by atoms with van der Waals surface area (Å²) in [6, 6.07) is 5.51. The van der Waals surface area contributed by atoms with E-state index >= 15 is 0 Å². The molecule has 16 heavy (non-hydrogen) atoms. The van der Waals surface area contributed by atoms with E-state index in [-0.39, 0.29) is 11.9 Å². The largest absolute Gasteiger partial charge is 0.399 e. The van der Waals surface area contributed by atoms with E-state index in [9.17, 15) is 4.79 Å². The Kier molecular flexibility index (Phi) is 4.17. The maximum absolute atomic E-state index is 11.8. The number of nitrogen functional groups attached to an aromatic ring is 1. The zero-order chi connectivity index (χ0) is 12.1. The molecular formula is C12H19N3O. The molecule has 0 radical (unpaired) electrons. The van der Waals surface area contributed by atoms with Crippen molar-refractivity contribution in [2.75, 3.05) is 17.6 Å². The first-order chi connectivity index (χ1) is 7.54. The topological polar surface area (TPSA) is 67.2 Å². The molecule has 4 N–H and O–H groups in total. The van der Waals surface area contributed by atoms with Gasteiger partial charge in [-0.2, -0.15) is 0 Å². The van der Waals surface area contributed by atoms with Crippen LogP contribution in [0.4, 0.5) is 11.4 Å². The van der Waals surface area contributed by atoms with Crippen molar-refractivity contribution in [1.82, 2.24) is 5.32 Å². The van der Waals surface area contributed by atoms with Gasteiger partial charge in [0.2, 0.25) is 0 Å². The second-order valence-corrected chi connectivity index (χ2v) is 3.96. The van der Waals surface area contributed by atoms with Gasteiger partial charge >= 0.3 is 0 Å². The van der Waals surface area contributed by atoms with E-state index in [0.717, 1.165) is 5.69 Å². The van der Waals surface area contributed by atoms with E-state index in [1.54, 1.807) is 18.2 Å². The van der Waals surface area contributed by atoms with E-state index in [2.05, 4.69) is 10.6 Å². The Morgan fingerprint density at radius 1 is 1.44 bits per heavy atom. The van der Waals surface area contributed by atoms with Crippen LogP contribution in [0.5, 0.6) is 0 Å². The van der Waals surface area contributed by atoms with Crippen LogP contribution in [-0.2, 0) is 0 Å². The highest BCUT2D eigenvalue weighted by Crippen LogP contribution is 2.20. The van der Waals surface area contributed by atoms with Crippen LogP contribution in [0.3, 0.4) is 0 Å². The van der Waals surface area contributed by atoms with Crippen molar-refractivity contribution < 1.29 is 4.79 Å². The molecule has 4 heteroatoms. The predicted octanol–water partition coefficient (Wildman–Crippen LogP) is 1.84. The lowest BCUT2D eigenvalue weighted by Gasteiger charge is -2.15. The van der Waals surface area contributed by atoms with Gasteiger partial charge in [0.05, 0.1) is 5.56 Å². The molecule has 1 amide bonds. The molecule has 0 spiro atoms. The Morgan fingerprint density at radius 2 is 2.12 bits per heavy atom. The molecule has 0 saturated carbocycles. The monoisotopic (exact) mass is 221 g/mol. The fourth-order valence-corrected chi connectivity index (χ4v) is 1.45. The molecule has 0 bridgehead atoms. The number of benzene rings is 1. The summed E-state index contributed by atoms with van der Waals surface area (Å²) in [6.07, 6.45) is 0. The molecule has 0 atom stereocenters. The minimum atomic E-state index is -0.0781. The molecule has 0 fully saturated rings. The lowest BCUT2D eigenvalue weighted by molar-refractivity contribution is 0.0956.